The van der Waals surface area contributed by atoms with Crippen LogP contribution < -0.4 is 0 Å². The van der Waals surface area contributed by atoms with E-state index < -0.39 is 0 Å². The van der Waals surface area contributed by atoms with Crippen LogP contribution in [0.2, 0.25) is 0 Å². The van der Waals surface area contributed by atoms with Crippen LogP contribution in [0.15, 0.2) is 28.1 Å². The molecule has 0 aliphatic carbocycles. The molecule has 1 aliphatic heterocycles. The molecule has 0 N–H and O–H groups in total. The molecule has 20 heavy (non-hydrogen) atoms. The van der Waals surface area contributed by atoms with Crippen molar-refractivity contribution in [3.05, 3.63) is 39.9 Å². The van der Waals surface area contributed by atoms with Gasteiger partial charge in [0.1, 0.15) is 5.76 Å². The van der Waals surface area contributed by atoms with E-state index >= 15 is 0 Å². The van der Waals surface area contributed by atoms with Crippen LogP contribution in [-0.2, 0) is 17.8 Å². The summed E-state index contributed by atoms with van der Waals surface area (Å²) in [5, 5.41) is 6.23. The fourth-order valence-electron chi connectivity index (χ4n) is 2.61. The third-order valence-electron chi connectivity index (χ3n) is 3.51. The van der Waals surface area contributed by atoms with Crippen molar-refractivity contribution >= 4 is 11.3 Å². The molecule has 0 spiro atoms. The Hall–Kier alpha value is -1.17. The number of hydrogen-bond donors (Lipinski definition) is 0. The molecule has 0 aromatic carbocycles. The molecular weight excluding hydrogens is 272 g/mol. The molecular formula is C15H20N2O2S. The van der Waals surface area contributed by atoms with Gasteiger partial charge in [0.05, 0.1) is 11.8 Å². The number of nitrogens with zero attached hydrogens (tertiary/aromatic N) is 2. The summed E-state index contributed by atoms with van der Waals surface area (Å²) in [5.41, 5.74) is 0.997. The summed E-state index contributed by atoms with van der Waals surface area (Å²) >= 11 is 1.80. The van der Waals surface area contributed by atoms with Crippen LogP contribution in [-0.4, -0.2) is 29.3 Å². The molecule has 0 amide bonds. The van der Waals surface area contributed by atoms with E-state index in [0.717, 1.165) is 37.7 Å². The summed E-state index contributed by atoms with van der Waals surface area (Å²) in [4.78, 5) is 3.78. The molecule has 4 nitrogen and oxygen atoms in total. The fourth-order valence-corrected chi connectivity index (χ4v) is 3.35. The van der Waals surface area contributed by atoms with Gasteiger partial charge in [-0.05, 0) is 31.2 Å². The van der Waals surface area contributed by atoms with Gasteiger partial charge in [-0.3, -0.25) is 4.90 Å². The summed E-state index contributed by atoms with van der Waals surface area (Å²) in [6.07, 6.45) is 2.71. The number of ether oxygens (including phenoxy) is 1. The van der Waals surface area contributed by atoms with Crippen molar-refractivity contribution in [2.75, 3.05) is 13.2 Å². The van der Waals surface area contributed by atoms with E-state index in [2.05, 4.69) is 27.6 Å². The van der Waals surface area contributed by atoms with Crippen LogP contribution >= 0.6 is 11.3 Å². The number of aryl methyl sites for hydroxylation is 1. The highest BCUT2D eigenvalue weighted by atomic mass is 32.1. The van der Waals surface area contributed by atoms with Crippen molar-refractivity contribution in [3.8, 4) is 0 Å². The zero-order valence-corrected chi connectivity index (χ0v) is 12.6. The second-order valence-corrected chi connectivity index (χ2v) is 6.35. The van der Waals surface area contributed by atoms with E-state index in [1.54, 1.807) is 11.3 Å². The predicted molar refractivity (Wildman–Crippen MR) is 78.6 cm³/mol. The highest BCUT2D eigenvalue weighted by Crippen LogP contribution is 2.19. The van der Waals surface area contributed by atoms with Crippen molar-refractivity contribution in [3.63, 3.8) is 0 Å². The lowest BCUT2D eigenvalue weighted by Gasteiger charge is -2.23. The van der Waals surface area contributed by atoms with E-state index in [4.69, 9.17) is 9.26 Å². The third kappa shape index (κ3) is 3.69. The Labute approximate surface area is 123 Å². The molecule has 2 aromatic rings. The van der Waals surface area contributed by atoms with Crippen LogP contribution in [0.25, 0.3) is 0 Å². The second-order valence-electron chi connectivity index (χ2n) is 5.31. The van der Waals surface area contributed by atoms with E-state index in [9.17, 15) is 0 Å². The number of rotatable bonds is 6. The first-order valence-corrected chi connectivity index (χ1v) is 7.96. The standard InChI is InChI=1S/C15H20N2O2S/c1-12-8-13(16-19-12)9-17(10-14-4-2-6-18-14)11-15-5-3-7-20-15/h3,5,7-8,14H,2,4,6,9-11H2,1H3/t14-/m0/s1. The number of thiophene rings is 1. The molecule has 1 aliphatic rings. The molecule has 0 radical (unpaired) electrons. The minimum absolute atomic E-state index is 0.364. The summed E-state index contributed by atoms with van der Waals surface area (Å²) in [5.74, 6) is 0.869. The van der Waals surface area contributed by atoms with E-state index in [1.165, 1.54) is 17.7 Å². The zero-order valence-electron chi connectivity index (χ0n) is 11.7. The van der Waals surface area contributed by atoms with Crippen molar-refractivity contribution in [1.82, 2.24) is 10.1 Å². The lowest BCUT2D eigenvalue weighted by Crippen LogP contribution is -2.31. The first kappa shape index (κ1) is 13.8. The van der Waals surface area contributed by atoms with Crippen molar-refractivity contribution < 1.29 is 9.26 Å². The van der Waals surface area contributed by atoms with Gasteiger partial charge in [0.15, 0.2) is 0 Å². The number of hydrogen-bond acceptors (Lipinski definition) is 5. The van der Waals surface area contributed by atoms with E-state index in [0.29, 0.717) is 6.10 Å². The summed E-state index contributed by atoms with van der Waals surface area (Å²) in [7, 11) is 0. The Bertz CT molecular complexity index is 518. The van der Waals surface area contributed by atoms with Crippen LogP contribution in [0.1, 0.15) is 29.2 Å². The van der Waals surface area contributed by atoms with Gasteiger partial charge >= 0.3 is 0 Å². The monoisotopic (exact) mass is 292 g/mol. The molecule has 1 saturated heterocycles. The first-order valence-electron chi connectivity index (χ1n) is 7.08. The third-order valence-corrected chi connectivity index (χ3v) is 4.37. The van der Waals surface area contributed by atoms with Gasteiger partial charge < -0.3 is 9.26 Å². The first-order chi connectivity index (χ1) is 9.79. The van der Waals surface area contributed by atoms with Crippen LogP contribution in [0.4, 0.5) is 0 Å². The van der Waals surface area contributed by atoms with Gasteiger partial charge in [-0.1, -0.05) is 11.2 Å². The Morgan fingerprint density at radius 2 is 2.40 bits per heavy atom. The summed E-state index contributed by atoms with van der Waals surface area (Å²) in [6.45, 7) is 5.56. The van der Waals surface area contributed by atoms with Crippen molar-refractivity contribution in [2.45, 2.75) is 39.0 Å². The predicted octanol–water partition coefficient (Wildman–Crippen LogP) is 3.23. The van der Waals surface area contributed by atoms with E-state index in [-0.39, 0.29) is 0 Å². The maximum Gasteiger partial charge on any atom is 0.133 e. The molecule has 0 unspecified atom stereocenters. The lowest BCUT2D eigenvalue weighted by atomic mass is 10.2. The topological polar surface area (TPSA) is 38.5 Å². The molecule has 1 fully saturated rings. The number of aromatic nitrogens is 1. The Morgan fingerprint density at radius 1 is 1.45 bits per heavy atom. The quantitative estimate of drug-likeness (QED) is 0.819. The smallest absolute Gasteiger partial charge is 0.133 e. The minimum Gasteiger partial charge on any atom is -0.377 e. The molecule has 0 saturated carbocycles. The van der Waals surface area contributed by atoms with Gasteiger partial charge in [0.2, 0.25) is 0 Å². The van der Waals surface area contributed by atoms with E-state index in [1.807, 2.05) is 13.0 Å². The highest BCUT2D eigenvalue weighted by Gasteiger charge is 2.20. The molecule has 3 rings (SSSR count). The van der Waals surface area contributed by atoms with Gasteiger partial charge in [0, 0.05) is 37.2 Å². The Balaban J connectivity index is 1.65. The molecule has 2 aromatic heterocycles. The molecule has 0 bridgehead atoms. The maximum absolute atomic E-state index is 5.76. The summed E-state index contributed by atoms with van der Waals surface area (Å²) < 4.78 is 10.9. The molecule has 108 valence electrons. The summed E-state index contributed by atoms with van der Waals surface area (Å²) in [6, 6.07) is 6.29. The normalized spacial score (nSPS) is 19.0. The van der Waals surface area contributed by atoms with Gasteiger partial charge in [0.25, 0.3) is 0 Å². The average molecular weight is 292 g/mol. The Morgan fingerprint density at radius 3 is 3.05 bits per heavy atom. The second kappa shape index (κ2) is 6.52. The zero-order chi connectivity index (χ0) is 13.8. The van der Waals surface area contributed by atoms with Crippen molar-refractivity contribution in [1.29, 1.82) is 0 Å². The maximum atomic E-state index is 5.76. The average Bonchev–Trinajstić information content (AvgIpc) is 3.13. The van der Waals surface area contributed by atoms with Crippen molar-refractivity contribution in [2.24, 2.45) is 0 Å². The van der Waals surface area contributed by atoms with Crippen LogP contribution in [0.3, 0.4) is 0 Å². The minimum atomic E-state index is 0.364. The van der Waals surface area contributed by atoms with Crippen LogP contribution in [0.5, 0.6) is 0 Å². The fraction of sp³-hybridized carbons (Fsp3) is 0.533. The lowest BCUT2D eigenvalue weighted by molar-refractivity contribution is 0.0674. The van der Waals surface area contributed by atoms with Gasteiger partial charge in [-0.2, -0.15) is 0 Å². The molecule has 1 atom stereocenters. The van der Waals surface area contributed by atoms with Gasteiger partial charge in [-0.15, -0.1) is 11.3 Å². The highest BCUT2D eigenvalue weighted by molar-refractivity contribution is 7.09. The molecule has 5 heteroatoms. The van der Waals surface area contributed by atoms with Crippen LogP contribution in [0, 0.1) is 6.92 Å². The Kier molecular flexibility index (Phi) is 4.50. The van der Waals surface area contributed by atoms with Gasteiger partial charge in [-0.25, -0.2) is 0 Å². The largest absolute Gasteiger partial charge is 0.377 e. The SMILES string of the molecule is Cc1cc(CN(Cc2cccs2)C[C@@H]2CCCO2)no1. The molecule has 3 heterocycles.